The van der Waals surface area contributed by atoms with E-state index in [2.05, 4.69) is 15.6 Å². The highest BCUT2D eigenvalue weighted by Gasteiger charge is 2.29. The molecule has 2 aromatic heterocycles. The molecule has 3 aromatic rings. The molecule has 1 aliphatic rings. The van der Waals surface area contributed by atoms with Crippen molar-refractivity contribution in [2.45, 2.75) is 37.8 Å². The van der Waals surface area contributed by atoms with E-state index in [9.17, 15) is 9.18 Å². The summed E-state index contributed by atoms with van der Waals surface area (Å²) < 4.78 is 26.4. The molecule has 2 heterocycles. The van der Waals surface area contributed by atoms with Crippen LogP contribution < -0.4 is 15.0 Å². The van der Waals surface area contributed by atoms with Crippen LogP contribution in [0.25, 0.3) is 11.3 Å². The summed E-state index contributed by atoms with van der Waals surface area (Å²) in [6, 6.07) is 6.67. The smallest absolute Gasteiger partial charge is 0.259 e. The van der Waals surface area contributed by atoms with Crippen molar-refractivity contribution in [3.8, 4) is 17.1 Å². The van der Waals surface area contributed by atoms with Gasteiger partial charge in [-0.3, -0.25) is 9.48 Å². The van der Waals surface area contributed by atoms with Crippen LogP contribution in [0, 0.1) is 5.82 Å². The van der Waals surface area contributed by atoms with Gasteiger partial charge < -0.3 is 19.5 Å². The van der Waals surface area contributed by atoms with E-state index in [-0.39, 0.29) is 23.5 Å². The minimum absolute atomic E-state index is 0.0554. The Bertz CT molecular complexity index is 1040. The Hall–Kier alpha value is -3.36. The number of nitrogens with one attached hydrogen (secondary N) is 1. The summed E-state index contributed by atoms with van der Waals surface area (Å²) in [5.41, 5.74) is 0.847. The van der Waals surface area contributed by atoms with Crippen LogP contribution in [0.2, 0.25) is 0 Å². The number of nitrogens with zero attached hydrogens (tertiary/aromatic N) is 4. The van der Waals surface area contributed by atoms with Crippen LogP contribution >= 0.6 is 0 Å². The van der Waals surface area contributed by atoms with E-state index >= 15 is 0 Å². The normalized spacial score (nSPS) is 18.6. The number of amides is 1. The number of rotatable bonds is 6. The van der Waals surface area contributed by atoms with Gasteiger partial charge in [0.1, 0.15) is 5.56 Å². The molecule has 164 valence electrons. The lowest BCUT2D eigenvalue weighted by molar-refractivity contribution is 0.0922. The third-order valence-corrected chi connectivity index (χ3v) is 5.67. The summed E-state index contributed by atoms with van der Waals surface area (Å²) in [5, 5.41) is 11.5. The zero-order chi connectivity index (χ0) is 22.0. The molecule has 0 saturated heterocycles. The van der Waals surface area contributed by atoms with Crippen molar-refractivity contribution < 1.29 is 18.4 Å². The van der Waals surface area contributed by atoms with Gasteiger partial charge in [0.15, 0.2) is 23.1 Å². The van der Waals surface area contributed by atoms with Crippen LogP contribution in [0.1, 0.15) is 42.1 Å². The van der Waals surface area contributed by atoms with Crippen LogP contribution in [0.3, 0.4) is 0 Å². The summed E-state index contributed by atoms with van der Waals surface area (Å²) >= 11 is 0. The number of anilines is 1. The van der Waals surface area contributed by atoms with E-state index in [0.717, 1.165) is 25.7 Å². The Morgan fingerprint density at radius 3 is 2.71 bits per heavy atom. The molecule has 9 heteroatoms. The van der Waals surface area contributed by atoms with Crippen LogP contribution in [-0.2, 0) is 0 Å². The van der Waals surface area contributed by atoms with Crippen molar-refractivity contribution in [3.63, 3.8) is 0 Å². The quantitative estimate of drug-likeness (QED) is 0.646. The van der Waals surface area contributed by atoms with Gasteiger partial charge in [-0.15, -0.1) is 0 Å². The van der Waals surface area contributed by atoms with Crippen molar-refractivity contribution in [2.24, 2.45) is 0 Å². The van der Waals surface area contributed by atoms with Gasteiger partial charge in [0.2, 0.25) is 0 Å². The maximum atomic E-state index is 13.9. The van der Waals surface area contributed by atoms with E-state index in [1.165, 1.54) is 19.2 Å². The molecule has 8 nitrogen and oxygen atoms in total. The fourth-order valence-corrected chi connectivity index (χ4v) is 4.03. The average molecular weight is 427 g/mol. The maximum absolute atomic E-state index is 13.9. The number of carbonyl (C=O) groups is 1. The van der Waals surface area contributed by atoms with Crippen molar-refractivity contribution in [1.29, 1.82) is 0 Å². The lowest BCUT2D eigenvalue weighted by atomic mass is 9.91. The van der Waals surface area contributed by atoms with Crippen LogP contribution in [0.4, 0.5) is 10.2 Å². The summed E-state index contributed by atoms with van der Waals surface area (Å²) in [7, 11) is 4.97. The van der Waals surface area contributed by atoms with E-state index in [0.29, 0.717) is 23.0 Å². The molecule has 0 bridgehead atoms. The Morgan fingerprint density at radius 2 is 2.06 bits per heavy atom. The van der Waals surface area contributed by atoms with Crippen molar-refractivity contribution in [1.82, 2.24) is 20.3 Å². The first-order valence-corrected chi connectivity index (χ1v) is 10.3. The topological polar surface area (TPSA) is 85.4 Å². The molecule has 1 amide bonds. The first-order chi connectivity index (χ1) is 15.0. The van der Waals surface area contributed by atoms with Crippen molar-refractivity contribution in [3.05, 3.63) is 48.0 Å². The third kappa shape index (κ3) is 4.26. The first kappa shape index (κ1) is 20.9. The number of halogens is 1. The highest BCUT2D eigenvalue weighted by molar-refractivity contribution is 6.04. The van der Waals surface area contributed by atoms with Crippen LogP contribution in [-0.4, -0.2) is 48.1 Å². The van der Waals surface area contributed by atoms with Gasteiger partial charge in [-0.25, -0.2) is 4.39 Å². The minimum Gasteiger partial charge on any atom is -0.494 e. The van der Waals surface area contributed by atoms with Crippen molar-refractivity contribution in [2.75, 3.05) is 26.1 Å². The Balaban J connectivity index is 1.54. The predicted molar refractivity (Wildman–Crippen MR) is 114 cm³/mol. The molecule has 0 spiro atoms. The zero-order valence-electron chi connectivity index (χ0n) is 17.8. The molecule has 0 atom stereocenters. The van der Waals surface area contributed by atoms with E-state index in [1.807, 2.05) is 16.9 Å². The Kier molecular flexibility index (Phi) is 5.92. The van der Waals surface area contributed by atoms with Crippen LogP contribution in [0.15, 0.2) is 41.2 Å². The standard InChI is InChI=1S/C22H26FN5O3/c1-27(2)21-19(20(31-26-21)14-5-10-17(23)18(13-14)30-3)22(29)25-15-6-8-16(9-7-15)28-12-4-11-24-28/h4-5,10-13,15-16H,6-9H2,1-3H3,(H,25,29). The Labute approximate surface area is 180 Å². The SMILES string of the molecule is COc1cc(-c2onc(N(C)C)c2C(=O)NC2CCC(n3cccn3)CC2)ccc1F. The number of hydrogen-bond acceptors (Lipinski definition) is 6. The second-order valence-electron chi connectivity index (χ2n) is 7.92. The third-order valence-electron chi connectivity index (χ3n) is 5.67. The van der Waals surface area contributed by atoms with E-state index in [4.69, 9.17) is 9.26 Å². The van der Waals surface area contributed by atoms with Gasteiger partial charge >= 0.3 is 0 Å². The summed E-state index contributed by atoms with van der Waals surface area (Å²) in [4.78, 5) is 15.0. The minimum atomic E-state index is -0.487. The molecular formula is C22H26FN5O3. The molecule has 0 aliphatic heterocycles. The highest BCUT2D eigenvalue weighted by atomic mass is 19.1. The highest BCUT2D eigenvalue weighted by Crippen LogP contribution is 2.34. The molecule has 1 saturated carbocycles. The second kappa shape index (κ2) is 8.79. The number of carbonyl (C=O) groups excluding carboxylic acids is 1. The van der Waals surface area contributed by atoms with Gasteiger partial charge in [-0.1, -0.05) is 5.16 Å². The molecule has 1 aliphatic carbocycles. The van der Waals surface area contributed by atoms with Crippen molar-refractivity contribution >= 4 is 11.7 Å². The maximum Gasteiger partial charge on any atom is 0.259 e. The number of hydrogen-bond donors (Lipinski definition) is 1. The Morgan fingerprint density at radius 1 is 1.29 bits per heavy atom. The van der Waals surface area contributed by atoms with Gasteiger partial charge in [-0.2, -0.15) is 5.10 Å². The van der Waals surface area contributed by atoms with Crippen LogP contribution in [0.5, 0.6) is 5.75 Å². The summed E-state index contributed by atoms with van der Waals surface area (Å²) in [5.74, 6) is 0.0265. The molecule has 1 N–H and O–H groups in total. The summed E-state index contributed by atoms with van der Waals surface area (Å²) in [6.45, 7) is 0. The number of methoxy groups -OCH3 is 1. The van der Waals surface area contributed by atoms with E-state index < -0.39 is 5.82 Å². The number of aromatic nitrogens is 3. The average Bonchev–Trinajstić information content (AvgIpc) is 3.45. The predicted octanol–water partition coefficient (Wildman–Crippen LogP) is 3.67. The first-order valence-electron chi connectivity index (χ1n) is 10.3. The largest absolute Gasteiger partial charge is 0.494 e. The molecular weight excluding hydrogens is 401 g/mol. The fraction of sp³-hybridized carbons (Fsp3) is 0.409. The molecule has 0 unspecified atom stereocenters. The lowest BCUT2D eigenvalue weighted by Crippen LogP contribution is -2.38. The number of ether oxygens (including phenoxy) is 1. The number of benzene rings is 1. The fourth-order valence-electron chi connectivity index (χ4n) is 4.03. The van der Waals surface area contributed by atoms with Gasteiger partial charge in [0, 0.05) is 38.1 Å². The second-order valence-corrected chi connectivity index (χ2v) is 7.92. The molecule has 1 aromatic carbocycles. The molecule has 31 heavy (non-hydrogen) atoms. The van der Waals surface area contributed by atoms with Gasteiger partial charge in [-0.05, 0) is 49.9 Å². The van der Waals surface area contributed by atoms with Gasteiger partial charge in [0.25, 0.3) is 5.91 Å². The molecule has 1 fully saturated rings. The summed E-state index contributed by atoms with van der Waals surface area (Å²) in [6.07, 6.45) is 7.37. The zero-order valence-corrected chi connectivity index (χ0v) is 17.8. The lowest BCUT2D eigenvalue weighted by Gasteiger charge is -2.29. The monoisotopic (exact) mass is 427 g/mol. The molecule has 0 radical (unpaired) electrons. The van der Waals surface area contributed by atoms with E-state index in [1.54, 1.807) is 31.3 Å². The molecule has 4 rings (SSSR count). The van der Waals surface area contributed by atoms with Gasteiger partial charge in [0.05, 0.1) is 13.2 Å².